The Kier molecular flexibility index (Phi) is 15.4. The molecule has 0 aliphatic heterocycles. The summed E-state index contributed by atoms with van der Waals surface area (Å²) in [5.74, 6) is 1.70. The van der Waals surface area contributed by atoms with Crippen LogP contribution in [0.1, 0.15) is 75.8 Å². The van der Waals surface area contributed by atoms with Crippen molar-refractivity contribution in [2.45, 2.75) is 83.2 Å². The third-order valence-electron chi connectivity index (χ3n) is 9.00. The van der Waals surface area contributed by atoms with Gasteiger partial charge >= 0.3 is 0 Å². The van der Waals surface area contributed by atoms with E-state index < -0.39 is 5.60 Å². The summed E-state index contributed by atoms with van der Waals surface area (Å²) in [6.07, 6.45) is 13.2. The molecule has 0 aromatic heterocycles. The first kappa shape index (κ1) is 37.7. The molecule has 1 aliphatic carbocycles. The molecule has 1 aliphatic rings. The lowest BCUT2D eigenvalue weighted by atomic mass is 9.92. The average molecular weight is 653 g/mol. The summed E-state index contributed by atoms with van der Waals surface area (Å²) in [6, 6.07) is 8.98. The van der Waals surface area contributed by atoms with Crippen molar-refractivity contribution in [1.29, 1.82) is 0 Å². The van der Waals surface area contributed by atoms with E-state index in [1.807, 2.05) is 25.3 Å². The molecule has 0 amide bonds. The lowest BCUT2D eigenvalue weighted by Gasteiger charge is -2.32. The highest BCUT2D eigenvalue weighted by atomic mass is 16.5. The maximum Gasteiger partial charge on any atom is 0.192 e. The van der Waals surface area contributed by atoms with Gasteiger partial charge < -0.3 is 40.8 Å². The van der Waals surface area contributed by atoms with Crippen molar-refractivity contribution in [3.8, 4) is 23.0 Å². The molecule has 3 rings (SSSR count). The standard InChI is InChI=1S/C37H56N4O6/c1-6-7-8-9-26(10-13-30(42)14-11-27-12-15-32(43)33(22-27)46-5)20-29-21-31(41-36(38)40-3)35(44)34(23-29)47-37(25-39-2)18-16-28(24-37)17-19-45-4/h10,12-13,15,21-23,26,28,39,43-44H,6-9,11,14,16-20,24-25H2,1-5H3,(H3,38,40,41)/t26-,28-,37+/m1/s1. The summed E-state index contributed by atoms with van der Waals surface area (Å²) >= 11 is 0. The van der Waals surface area contributed by atoms with Crippen LogP contribution < -0.4 is 25.8 Å². The molecule has 10 heteroatoms. The number of guanidine groups is 1. The molecule has 0 saturated heterocycles. The summed E-state index contributed by atoms with van der Waals surface area (Å²) in [5.41, 5.74) is 7.90. The van der Waals surface area contributed by atoms with E-state index in [0.717, 1.165) is 62.5 Å². The summed E-state index contributed by atoms with van der Waals surface area (Å²) in [5, 5.41) is 27.6. The van der Waals surface area contributed by atoms with Crippen LogP contribution in [0.2, 0.25) is 0 Å². The monoisotopic (exact) mass is 652 g/mol. The van der Waals surface area contributed by atoms with Gasteiger partial charge in [0.25, 0.3) is 0 Å². The molecule has 2 aromatic carbocycles. The minimum Gasteiger partial charge on any atom is -0.504 e. The molecular weight excluding hydrogens is 596 g/mol. The van der Waals surface area contributed by atoms with E-state index in [1.165, 1.54) is 7.11 Å². The van der Waals surface area contributed by atoms with Gasteiger partial charge in [0.15, 0.2) is 34.7 Å². The molecule has 260 valence electrons. The Balaban J connectivity index is 1.84. The SMILES string of the molecule is CCCCC[C@H](C=CC(=O)CCc1ccc(O)c(OC)c1)Cc1cc(NC(N)=NC)c(O)c(O[C@@]2(CNC)CC[C@H](CCOC)C2)c1. The number of ketones is 1. The van der Waals surface area contributed by atoms with Gasteiger partial charge in [-0.05, 0) is 105 Å². The van der Waals surface area contributed by atoms with Crippen LogP contribution in [0.4, 0.5) is 5.69 Å². The number of nitrogens with zero attached hydrogens (tertiary/aromatic N) is 1. The highest BCUT2D eigenvalue weighted by Gasteiger charge is 2.41. The van der Waals surface area contributed by atoms with E-state index in [4.69, 9.17) is 19.9 Å². The Morgan fingerprint density at radius 3 is 2.66 bits per heavy atom. The zero-order valence-electron chi connectivity index (χ0n) is 28.9. The average Bonchev–Trinajstić information content (AvgIpc) is 3.46. The van der Waals surface area contributed by atoms with Crippen molar-refractivity contribution in [1.82, 2.24) is 5.32 Å². The summed E-state index contributed by atoms with van der Waals surface area (Å²) in [6.45, 7) is 3.55. The van der Waals surface area contributed by atoms with Crippen LogP contribution in [0.25, 0.3) is 0 Å². The number of hydrogen-bond donors (Lipinski definition) is 5. The van der Waals surface area contributed by atoms with E-state index in [0.29, 0.717) is 55.5 Å². The van der Waals surface area contributed by atoms with E-state index in [-0.39, 0.29) is 29.2 Å². The molecule has 1 saturated carbocycles. The van der Waals surface area contributed by atoms with Crippen LogP contribution in [0, 0.1) is 11.8 Å². The lowest BCUT2D eigenvalue weighted by Crippen LogP contribution is -2.42. The second kappa shape index (κ2) is 19.2. The first-order valence-electron chi connectivity index (χ1n) is 16.9. The number of carbonyl (C=O) groups is 1. The number of phenols is 2. The number of phenolic OH excluding ortho intramolecular Hbond substituents is 2. The molecule has 0 spiro atoms. The molecule has 2 aromatic rings. The molecule has 6 N–H and O–H groups in total. The van der Waals surface area contributed by atoms with E-state index >= 15 is 0 Å². The molecule has 3 atom stereocenters. The largest absolute Gasteiger partial charge is 0.504 e. The first-order chi connectivity index (χ1) is 22.6. The number of aryl methyl sites for hydroxylation is 1. The second-order valence-electron chi connectivity index (χ2n) is 12.7. The number of nitrogens with two attached hydrogens (primary N) is 1. The third-order valence-corrected chi connectivity index (χ3v) is 9.00. The lowest BCUT2D eigenvalue weighted by molar-refractivity contribution is -0.114. The molecular formula is C37H56N4O6. The Morgan fingerprint density at radius 1 is 1.17 bits per heavy atom. The minimum absolute atomic E-state index is 0.00437. The van der Waals surface area contributed by atoms with Crippen molar-refractivity contribution in [2.75, 3.05) is 46.8 Å². The second-order valence-corrected chi connectivity index (χ2v) is 12.7. The van der Waals surface area contributed by atoms with Crippen molar-refractivity contribution < 1.29 is 29.2 Å². The summed E-state index contributed by atoms with van der Waals surface area (Å²) < 4.78 is 17.3. The van der Waals surface area contributed by atoms with E-state index in [2.05, 4.69) is 22.5 Å². The number of anilines is 1. The predicted molar refractivity (Wildman–Crippen MR) is 189 cm³/mol. The Bertz CT molecular complexity index is 1350. The van der Waals surface area contributed by atoms with Crippen molar-refractivity contribution in [3.63, 3.8) is 0 Å². The number of carbonyl (C=O) groups excluding carboxylic acids is 1. The van der Waals surface area contributed by atoms with E-state index in [9.17, 15) is 15.0 Å². The molecule has 0 radical (unpaired) electrons. The third kappa shape index (κ3) is 11.8. The van der Waals surface area contributed by atoms with Crippen LogP contribution in [0.5, 0.6) is 23.0 Å². The van der Waals surface area contributed by atoms with Crippen molar-refractivity contribution in [3.05, 3.63) is 53.6 Å². The Labute approximate surface area is 280 Å². The van der Waals surface area contributed by atoms with Gasteiger partial charge in [-0.1, -0.05) is 38.3 Å². The maximum atomic E-state index is 12.9. The molecule has 47 heavy (non-hydrogen) atoms. The van der Waals surface area contributed by atoms with Gasteiger partial charge in [-0.25, -0.2) is 0 Å². The molecule has 0 bridgehead atoms. The fourth-order valence-corrected chi connectivity index (χ4v) is 6.42. The zero-order chi connectivity index (χ0) is 34.2. The quantitative estimate of drug-likeness (QED) is 0.0374. The van der Waals surface area contributed by atoms with Crippen LogP contribution in [-0.2, 0) is 22.4 Å². The number of allylic oxidation sites excluding steroid dienone is 2. The van der Waals surface area contributed by atoms with Crippen LogP contribution in [-0.4, -0.2) is 69.0 Å². The number of likely N-dealkylation sites (N-methyl/N-ethyl adjacent to an activating group) is 1. The molecule has 10 nitrogen and oxygen atoms in total. The fourth-order valence-electron chi connectivity index (χ4n) is 6.42. The predicted octanol–water partition coefficient (Wildman–Crippen LogP) is 6.13. The summed E-state index contributed by atoms with van der Waals surface area (Å²) in [4.78, 5) is 17.0. The number of methoxy groups -OCH3 is 2. The van der Waals surface area contributed by atoms with E-state index in [1.54, 1.807) is 38.4 Å². The topological polar surface area (TPSA) is 148 Å². The number of hydrogen-bond acceptors (Lipinski definition) is 8. The number of aliphatic imine (C=N–C) groups is 1. The number of nitrogens with one attached hydrogen (secondary N) is 2. The molecule has 0 unspecified atom stereocenters. The van der Waals surface area contributed by atoms with Crippen molar-refractivity contribution in [2.24, 2.45) is 22.6 Å². The number of unbranched alkanes of at least 4 members (excludes halogenated alkanes) is 2. The van der Waals surface area contributed by atoms with Gasteiger partial charge in [-0.2, -0.15) is 0 Å². The van der Waals surface area contributed by atoms with Crippen molar-refractivity contribution >= 4 is 17.4 Å². The van der Waals surface area contributed by atoms with Crippen LogP contribution in [0.15, 0.2) is 47.5 Å². The molecule has 0 heterocycles. The fraction of sp³-hybridized carbons (Fsp3) is 0.568. The highest BCUT2D eigenvalue weighted by Crippen LogP contribution is 2.44. The van der Waals surface area contributed by atoms with Gasteiger partial charge in [-0.15, -0.1) is 0 Å². The first-order valence-corrected chi connectivity index (χ1v) is 16.9. The van der Waals surface area contributed by atoms with Gasteiger partial charge in [-0.3, -0.25) is 9.79 Å². The smallest absolute Gasteiger partial charge is 0.192 e. The normalized spacial score (nSPS) is 18.8. The molecule has 1 fully saturated rings. The number of rotatable bonds is 20. The minimum atomic E-state index is -0.459. The maximum absolute atomic E-state index is 12.9. The van der Waals surface area contributed by atoms with Crippen LogP contribution in [0.3, 0.4) is 0 Å². The van der Waals surface area contributed by atoms with Crippen LogP contribution >= 0.6 is 0 Å². The van der Waals surface area contributed by atoms with Gasteiger partial charge in [0.05, 0.1) is 12.8 Å². The van der Waals surface area contributed by atoms with Gasteiger partial charge in [0.1, 0.15) is 5.60 Å². The highest BCUT2D eigenvalue weighted by molar-refractivity contribution is 5.94. The zero-order valence-corrected chi connectivity index (χ0v) is 28.9. The number of benzene rings is 2. The number of ether oxygens (including phenoxy) is 3. The number of aromatic hydroxyl groups is 2. The van der Waals surface area contributed by atoms with Gasteiger partial charge in [0, 0.05) is 33.7 Å². The Morgan fingerprint density at radius 2 is 1.96 bits per heavy atom. The van der Waals surface area contributed by atoms with Gasteiger partial charge in [0.2, 0.25) is 0 Å². The Hall–Kier alpha value is -3.76. The summed E-state index contributed by atoms with van der Waals surface area (Å²) in [7, 11) is 6.75.